The summed E-state index contributed by atoms with van der Waals surface area (Å²) in [5, 5.41) is 4.95. The SMILES string of the molecule is c1ccc(-c2ccc(-c3nc(-c4cccc(-n5c6ccccc6c6ccccc65)c4)cc(-c4cccc(-n5c6ccccc6c6ccccc65)c4)n3)cc2)cc1. The Bertz CT molecular complexity index is 2960. The Labute approximate surface area is 324 Å². The predicted molar refractivity (Wildman–Crippen MR) is 232 cm³/mol. The van der Waals surface area contributed by atoms with Crippen LogP contribution in [0.15, 0.2) is 206 Å². The zero-order valence-corrected chi connectivity index (χ0v) is 30.4. The third-order valence-corrected chi connectivity index (χ3v) is 10.9. The van der Waals surface area contributed by atoms with Gasteiger partial charge in [-0.3, -0.25) is 0 Å². The molecule has 0 spiro atoms. The van der Waals surface area contributed by atoms with Crippen LogP contribution in [0.3, 0.4) is 0 Å². The minimum Gasteiger partial charge on any atom is -0.309 e. The molecule has 3 aromatic heterocycles. The monoisotopic (exact) mass is 714 g/mol. The van der Waals surface area contributed by atoms with Crippen LogP contribution in [-0.4, -0.2) is 19.1 Å². The zero-order chi connectivity index (χ0) is 37.0. The molecular weight excluding hydrogens is 681 g/mol. The van der Waals surface area contributed by atoms with Gasteiger partial charge >= 0.3 is 0 Å². The number of nitrogens with zero attached hydrogens (tertiary/aromatic N) is 4. The molecule has 3 heterocycles. The highest BCUT2D eigenvalue weighted by Crippen LogP contribution is 2.36. The van der Waals surface area contributed by atoms with Crippen LogP contribution in [0.25, 0.3) is 100 Å². The molecule has 0 amide bonds. The van der Waals surface area contributed by atoms with Crippen molar-refractivity contribution in [2.45, 2.75) is 0 Å². The summed E-state index contributed by atoms with van der Waals surface area (Å²) in [5.41, 5.74) is 13.9. The average molecular weight is 715 g/mol. The lowest BCUT2D eigenvalue weighted by Gasteiger charge is -2.13. The van der Waals surface area contributed by atoms with E-state index in [9.17, 15) is 0 Å². The van der Waals surface area contributed by atoms with Crippen LogP contribution in [0, 0.1) is 0 Å². The van der Waals surface area contributed by atoms with Crippen molar-refractivity contribution in [2.24, 2.45) is 0 Å². The smallest absolute Gasteiger partial charge is 0.160 e. The Hall–Kier alpha value is -7.56. The van der Waals surface area contributed by atoms with Crippen molar-refractivity contribution in [3.8, 4) is 56.4 Å². The lowest BCUT2D eigenvalue weighted by Crippen LogP contribution is -1.99. The third-order valence-electron chi connectivity index (χ3n) is 10.9. The normalized spacial score (nSPS) is 11.6. The summed E-state index contributed by atoms with van der Waals surface area (Å²) >= 11 is 0. The molecule has 0 unspecified atom stereocenters. The van der Waals surface area contributed by atoms with E-state index in [0.717, 1.165) is 45.0 Å². The predicted octanol–water partition coefficient (Wildman–Crippen LogP) is 13.3. The molecule has 0 saturated carbocycles. The van der Waals surface area contributed by atoms with Gasteiger partial charge in [0.05, 0.1) is 33.5 Å². The van der Waals surface area contributed by atoms with Crippen molar-refractivity contribution in [1.82, 2.24) is 19.1 Å². The third kappa shape index (κ3) is 5.31. The summed E-state index contributed by atoms with van der Waals surface area (Å²) in [6.07, 6.45) is 0. The first-order chi connectivity index (χ1) is 27.8. The molecule has 0 aliphatic carbocycles. The van der Waals surface area contributed by atoms with Crippen molar-refractivity contribution in [3.63, 3.8) is 0 Å². The highest BCUT2D eigenvalue weighted by molar-refractivity contribution is 6.10. The van der Waals surface area contributed by atoms with Gasteiger partial charge in [-0.15, -0.1) is 0 Å². The number of benzene rings is 8. The highest BCUT2D eigenvalue weighted by atomic mass is 15.0. The second-order valence-electron chi connectivity index (χ2n) is 14.2. The van der Waals surface area contributed by atoms with Gasteiger partial charge in [-0.2, -0.15) is 0 Å². The number of para-hydroxylation sites is 4. The number of fused-ring (bicyclic) bond motifs is 6. The Morgan fingerprint density at radius 3 is 1.07 bits per heavy atom. The fraction of sp³-hybridized carbons (Fsp3) is 0. The number of hydrogen-bond donors (Lipinski definition) is 0. The first kappa shape index (κ1) is 31.9. The van der Waals surface area contributed by atoms with Gasteiger partial charge in [0.25, 0.3) is 0 Å². The van der Waals surface area contributed by atoms with E-state index in [1.807, 2.05) is 6.07 Å². The maximum atomic E-state index is 5.28. The Morgan fingerprint density at radius 2 is 0.625 bits per heavy atom. The molecule has 0 atom stereocenters. The zero-order valence-electron chi connectivity index (χ0n) is 30.4. The van der Waals surface area contributed by atoms with E-state index < -0.39 is 0 Å². The van der Waals surface area contributed by atoms with Crippen LogP contribution in [0.1, 0.15) is 0 Å². The summed E-state index contributed by atoms with van der Waals surface area (Å²) in [6.45, 7) is 0. The van der Waals surface area contributed by atoms with Crippen LogP contribution in [-0.2, 0) is 0 Å². The summed E-state index contributed by atoms with van der Waals surface area (Å²) in [5.74, 6) is 0.682. The molecule has 0 radical (unpaired) electrons. The van der Waals surface area contributed by atoms with Gasteiger partial charge in [0.15, 0.2) is 5.82 Å². The summed E-state index contributed by atoms with van der Waals surface area (Å²) in [7, 11) is 0. The molecule has 4 heteroatoms. The number of aromatic nitrogens is 4. The molecule has 0 fully saturated rings. The first-order valence-corrected chi connectivity index (χ1v) is 19.0. The van der Waals surface area contributed by atoms with Gasteiger partial charge in [0.1, 0.15) is 0 Å². The molecule has 0 saturated heterocycles. The van der Waals surface area contributed by atoms with Gasteiger partial charge in [-0.25, -0.2) is 9.97 Å². The molecule has 262 valence electrons. The van der Waals surface area contributed by atoms with Crippen LogP contribution < -0.4 is 0 Å². The first-order valence-electron chi connectivity index (χ1n) is 19.0. The molecule has 11 rings (SSSR count). The average Bonchev–Trinajstić information content (AvgIpc) is 3.80. The molecule has 56 heavy (non-hydrogen) atoms. The van der Waals surface area contributed by atoms with E-state index in [2.05, 4.69) is 209 Å². The molecule has 8 aromatic carbocycles. The summed E-state index contributed by atoms with van der Waals surface area (Å²) in [4.78, 5) is 10.6. The van der Waals surface area contributed by atoms with Crippen molar-refractivity contribution in [3.05, 3.63) is 206 Å². The fourth-order valence-corrected chi connectivity index (χ4v) is 8.32. The van der Waals surface area contributed by atoms with Gasteiger partial charge in [0.2, 0.25) is 0 Å². The lowest BCUT2D eigenvalue weighted by atomic mass is 10.0. The molecule has 0 aliphatic heterocycles. The quantitative estimate of drug-likeness (QED) is 0.172. The standard InChI is InChI=1S/C52H34N4/c1-2-14-35(15-3-1)36-28-30-37(31-29-36)52-53-46(38-16-12-18-40(32-38)55-48-24-8-4-20-42(48)43-21-5-9-25-49(43)55)34-47(54-52)39-17-13-19-41(33-39)56-50-26-10-6-22-44(50)45-23-7-11-27-51(45)56/h1-34H. The van der Waals surface area contributed by atoms with Gasteiger partial charge in [0, 0.05) is 49.6 Å². The van der Waals surface area contributed by atoms with Crippen LogP contribution in [0.5, 0.6) is 0 Å². The lowest BCUT2D eigenvalue weighted by molar-refractivity contribution is 1.16. The number of rotatable bonds is 6. The molecular formula is C52H34N4. The van der Waals surface area contributed by atoms with Crippen molar-refractivity contribution < 1.29 is 0 Å². The van der Waals surface area contributed by atoms with Crippen LogP contribution in [0.4, 0.5) is 0 Å². The van der Waals surface area contributed by atoms with E-state index in [4.69, 9.17) is 9.97 Å². The highest BCUT2D eigenvalue weighted by Gasteiger charge is 2.17. The minimum absolute atomic E-state index is 0.682. The second-order valence-corrected chi connectivity index (χ2v) is 14.2. The minimum atomic E-state index is 0.682. The van der Waals surface area contributed by atoms with E-state index in [0.29, 0.717) is 5.82 Å². The van der Waals surface area contributed by atoms with Gasteiger partial charge < -0.3 is 9.13 Å². The summed E-state index contributed by atoms with van der Waals surface area (Å²) < 4.78 is 4.71. The second kappa shape index (κ2) is 13.1. The van der Waals surface area contributed by atoms with Crippen molar-refractivity contribution in [2.75, 3.05) is 0 Å². The topological polar surface area (TPSA) is 35.6 Å². The Kier molecular flexibility index (Phi) is 7.46. The fourth-order valence-electron chi connectivity index (χ4n) is 8.32. The molecule has 11 aromatic rings. The van der Waals surface area contributed by atoms with E-state index in [-0.39, 0.29) is 0 Å². The molecule has 4 nitrogen and oxygen atoms in total. The Balaban J connectivity index is 1.09. The van der Waals surface area contributed by atoms with Gasteiger partial charge in [-0.1, -0.05) is 152 Å². The molecule has 0 N–H and O–H groups in total. The maximum absolute atomic E-state index is 5.28. The summed E-state index contributed by atoms with van der Waals surface area (Å²) in [6, 6.07) is 73.2. The largest absolute Gasteiger partial charge is 0.309 e. The maximum Gasteiger partial charge on any atom is 0.160 e. The molecule has 0 aliphatic rings. The Morgan fingerprint density at radius 1 is 0.268 bits per heavy atom. The van der Waals surface area contributed by atoms with E-state index in [1.165, 1.54) is 49.2 Å². The molecule has 0 bridgehead atoms. The van der Waals surface area contributed by atoms with Crippen molar-refractivity contribution >= 4 is 43.6 Å². The van der Waals surface area contributed by atoms with Crippen LogP contribution in [0.2, 0.25) is 0 Å². The van der Waals surface area contributed by atoms with E-state index in [1.54, 1.807) is 0 Å². The van der Waals surface area contributed by atoms with Crippen molar-refractivity contribution in [1.29, 1.82) is 0 Å². The number of hydrogen-bond acceptors (Lipinski definition) is 2. The van der Waals surface area contributed by atoms with Crippen LogP contribution >= 0.6 is 0 Å². The van der Waals surface area contributed by atoms with E-state index >= 15 is 0 Å². The van der Waals surface area contributed by atoms with Gasteiger partial charge in [-0.05, 0) is 65.7 Å².